The summed E-state index contributed by atoms with van der Waals surface area (Å²) in [6.45, 7) is -0.0277. The van der Waals surface area contributed by atoms with Gasteiger partial charge in [0.1, 0.15) is 16.5 Å². The summed E-state index contributed by atoms with van der Waals surface area (Å²) in [6, 6.07) is 9.57. The molecule has 0 amide bonds. The van der Waals surface area contributed by atoms with E-state index in [4.69, 9.17) is 0 Å². The lowest BCUT2D eigenvalue weighted by molar-refractivity contribution is 0.543. The zero-order valence-corrected chi connectivity index (χ0v) is 13.9. The van der Waals surface area contributed by atoms with Gasteiger partial charge in [-0.3, -0.25) is 4.98 Å². The van der Waals surface area contributed by atoms with E-state index in [0.717, 1.165) is 22.7 Å². The number of nitrogens with zero attached hydrogens (tertiary/aromatic N) is 1. The molecule has 0 aliphatic carbocycles. The van der Waals surface area contributed by atoms with Crippen molar-refractivity contribution in [3.63, 3.8) is 0 Å². The molecule has 8 heteroatoms. The first kappa shape index (κ1) is 16.7. The second-order valence-electron chi connectivity index (χ2n) is 4.93. The fraction of sp³-hybridized carbons (Fsp3) is 0.0625. The van der Waals surface area contributed by atoms with Gasteiger partial charge in [-0.15, -0.1) is 11.3 Å². The molecular weight excluding hydrogens is 354 g/mol. The Labute approximate surface area is 141 Å². The molecule has 0 saturated heterocycles. The van der Waals surface area contributed by atoms with Gasteiger partial charge in [-0.25, -0.2) is 21.9 Å². The van der Waals surface area contributed by atoms with Gasteiger partial charge in [-0.05, 0) is 41.3 Å². The van der Waals surface area contributed by atoms with Crippen molar-refractivity contribution < 1.29 is 17.2 Å². The zero-order chi connectivity index (χ0) is 17.2. The Balaban J connectivity index is 1.79. The number of halogens is 2. The molecule has 1 N–H and O–H groups in total. The van der Waals surface area contributed by atoms with E-state index in [1.165, 1.54) is 11.3 Å². The van der Waals surface area contributed by atoms with Crippen molar-refractivity contribution in [1.82, 2.24) is 9.71 Å². The molecule has 0 bridgehead atoms. The Kier molecular flexibility index (Phi) is 4.70. The first-order valence-corrected chi connectivity index (χ1v) is 9.25. The molecule has 24 heavy (non-hydrogen) atoms. The van der Waals surface area contributed by atoms with Crippen LogP contribution in [0.3, 0.4) is 0 Å². The van der Waals surface area contributed by atoms with Crippen LogP contribution >= 0.6 is 11.3 Å². The summed E-state index contributed by atoms with van der Waals surface area (Å²) in [5.74, 6) is -1.96. The van der Waals surface area contributed by atoms with E-state index in [9.17, 15) is 17.2 Å². The van der Waals surface area contributed by atoms with E-state index in [2.05, 4.69) is 9.71 Å². The van der Waals surface area contributed by atoms with Gasteiger partial charge in [0, 0.05) is 18.8 Å². The first-order chi connectivity index (χ1) is 11.5. The summed E-state index contributed by atoms with van der Waals surface area (Å²) in [4.78, 5) is 4.62. The molecule has 2 heterocycles. The Hall–Kier alpha value is -2.16. The Morgan fingerprint density at radius 2 is 1.96 bits per heavy atom. The van der Waals surface area contributed by atoms with Crippen LogP contribution in [-0.2, 0) is 16.6 Å². The predicted molar refractivity (Wildman–Crippen MR) is 87.9 cm³/mol. The third-order valence-corrected chi connectivity index (χ3v) is 5.57. The summed E-state index contributed by atoms with van der Waals surface area (Å²) in [5.41, 5.74) is 1.41. The van der Waals surface area contributed by atoms with E-state index in [1.807, 2.05) is 17.5 Å². The first-order valence-electron chi connectivity index (χ1n) is 6.89. The van der Waals surface area contributed by atoms with Crippen molar-refractivity contribution >= 4 is 21.4 Å². The minimum Gasteiger partial charge on any atom is -0.255 e. The number of sulfonamides is 1. The molecule has 0 unspecified atom stereocenters. The second kappa shape index (κ2) is 6.76. The highest BCUT2D eigenvalue weighted by Gasteiger charge is 2.19. The summed E-state index contributed by atoms with van der Waals surface area (Å²) in [7, 11) is -4.08. The van der Waals surface area contributed by atoms with E-state index in [1.54, 1.807) is 18.3 Å². The number of rotatable bonds is 5. The van der Waals surface area contributed by atoms with Gasteiger partial charge in [0.05, 0.1) is 10.6 Å². The van der Waals surface area contributed by atoms with Crippen LogP contribution in [0.2, 0.25) is 0 Å². The minimum atomic E-state index is -4.08. The molecule has 0 radical (unpaired) electrons. The van der Waals surface area contributed by atoms with Crippen LogP contribution in [-0.4, -0.2) is 13.4 Å². The number of nitrogens with one attached hydrogen (secondary N) is 1. The van der Waals surface area contributed by atoms with Gasteiger partial charge in [0.15, 0.2) is 0 Å². The standard InChI is InChI=1S/C16H12F2N2O2S2/c17-12-3-4-16(13(18)9-12)24(21,22)20-10-11-5-6-19-14(8-11)15-2-1-7-23-15/h1-9,20H,10H2. The number of benzene rings is 1. The molecule has 3 aromatic rings. The fourth-order valence-electron chi connectivity index (χ4n) is 2.09. The third-order valence-electron chi connectivity index (χ3n) is 3.25. The highest BCUT2D eigenvalue weighted by molar-refractivity contribution is 7.89. The molecule has 4 nitrogen and oxygen atoms in total. The summed E-state index contributed by atoms with van der Waals surface area (Å²) in [6.07, 6.45) is 1.58. The van der Waals surface area contributed by atoms with E-state index < -0.39 is 26.6 Å². The molecule has 0 aliphatic rings. The third kappa shape index (κ3) is 3.66. The molecule has 0 aliphatic heterocycles. The Morgan fingerprint density at radius 1 is 1.12 bits per heavy atom. The van der Waals surface area contributed by atoms with Crippen LogP contribution in [0.15, 0.2) is 58.9 Å². The average Bonchev–Trinajstić information content (AvgIpc) is 3.07. The van der Waals surface area contributed by atoms with Crippen molar-refractivity contribution in [2.24, 2.45) is 0 Å². The second-order valence-corrected chi connectivity index (χ2v) is 7.61. The highest BCUT2D eigenvalue weighted by Crippen LogP contribution is 2.23. The van der Waals surface area contributed by atoms with Crippen molar-refractivity contribution in [1.29, 1.82) is 0 Å². The molecule has 3 rings (SSSR count). The van der Waals surface area contributed by atoms with Gasteiger partial charge < -0.3 is 0 Å². The van der Waals surface area contributed by atoms with E-state index in [0.29, 0.717) is 11.6 Å². The maximum Gasteiger partial charge on any atom is 0.243 e. The van der Waals surface area contributed by atoms with E-state index in [-0.39, 0.29) is 6.54 Å². The van der Waals surface area contributed by atoms with Crippen LogP contribution in [0.4, 0.5) is 8.78 Å². The number of pyridine rings is 1. The molecule has 0 atom stereocenters. The zero-order valence-electron chi connectivity index (χ0n) is 12.2. The quantitative estimate of drug-likeness (QED) is 0.751. The Morgan fingerprint density at radius 3 is 2.67 bits per heavy atom. The molecule has 1 aromatic carbocycles. The number of thiophene rings is 1. The summed E-state index contributed by atoms with van der Waals surface area (Å²) >= 11 is 1.52. The van der Waals surface area contributed by atoms with Crippen LogP contribution in [0.1, 0.15) is 5.56 Å². The maximum absolute atomic E-state index is 13.7. The number of hydrogen-bond donors (Lipinski definition) is 1. The molecule has 124 valence electrons. The normalized spacial score (nSPS) is 11.6. The lowest BCUT2D eigenvalue weighted by atomic mass is 10.2. The predicted octanol–water partition coefficient (Wildman–Crippen LogP) is 3.57. The topological polar surface area (TPSA) is 59.1 Å². The van der Waals surface area contributed by atoms with Gasteiger partial charge in [0.25, 0.3) is 0 Å². The summed E-state index contributed by atoms with van der Waals surface area (Å²) < 4.78 is 53.2. The fourth-order valence-corrected chi connectivity index (χ4v) is 3.86. The van der Waals surface area contributed by atoms with E-state index >= 15 is 0 Å². The van der Waals surface area contributed by atoms with Gasteiger partial charge in [-0.2, -0.15) is 0 Å². The number of hydrogen-bond acceptors (Lipinski definition) is 4. The van der Waals surface area contributed by atoms with Crippen molar-refractivity contribution in [3.05, 3.63) is 71.2 Å². The number of aromatic nitrogens is 1. The molecule has 2 aromatic heterocycles. The van der Waals surface area contributed by atoms with Gasteiger partial charge >= 0.3 is 0 Å². The van der Waals surface area contributed by atoms with Gasteiger partial charge in [0.2, 0.25) is 10.0 Å². The summed E-state index contributed by atoms with van der Waals surface area (Å²) in [5, 5.41) is 1.92. The van der Waals surface area contributed by atoms with Crippen molar-refractivity contribution in [2.75, 3.05) is 0 Å². The minimum absolute atomic E-state index is 0.0277. The molecule has 0 saturated carbocycles. The molecular formula is C16H12F2N2O2S2. The van der Waals surface area contributed by atoms with Crippen LogP contribution in [0, 0.1) is 11.6 Å². The van der Waals surface area contributed by atoms with Crippen LogP contribution in [0.5, 0.6) is 0 Å². The van der Waals surface area contributed by atoms with Gasteiger partial charge in [-0.1, -0.05) is 6.07 Å². The smallest absolute Gasteiger partial charge is 0.243 e. The molecule has 0 spiro atoms. The lowest BCUT2D eigenvalue weighted by Crippen LogP contribution is -2.24. The monoisotopic (exact) mass is 366 g/mol. The van der Waals surface area contributed by atoms with Crippen LogP contribution in [0.25, 0.3) is 10.6 Å². The van der Waals surface area contributed by atoms with Crippen molar-refractivity contribution in [3.8, 4) is 10.6 Å². The maximum atomic E-state index is 13.7. The van der Waals surface area contributed by atoms with Crippen LogP contribution < -0.4 is 4.72 Å². The van der Waals surface area contributed by atoms with Crippen molar-refractivity contribution in [2.45, 2.75) is 11.4 Å². The molecule has 0 fully saturated rings. The average molecular weight is 366 g/mol. The highest BCUT2D eigenvalue weighted by atomic mass is 32.2. The SMILES string of the molecule is O=S(=O)(NCc1ccnc(-c2cccs2)c1)c1ccc(F)cc1F. The largest absolute Gasteiger partial charge is 0.255 e. The Bertz CT molecular complexity index is 958. The lowest BCUT2D eigenvalue weighted by Gasteiger charge is -2.08.